The smallest absolute Gasteiger partial charge is 0.336 e. The van der Waals surface area contributed by atoms with Gasteiger partial charge in [-0.1, -0.05) is 42.5 Å². The molecule has 0 saturated heterocycles. The van der Waals surface area contributed by atoms with Crippen LogP contribution in [-0.4, -0.2) is 31.6 Å². The molecule has 0 unspecified atom stereocenters. The van der Waals surface area contributed by atoms with Crippen LogP contribution in [0.2, 0.25) is 0 Å². The maximum Gasteiger partial charge on any atom is 0.336 e. The van der Waals surface area contributed by atoms with Gasteiger partial charge in [0.05, 0.1) is 19.1 Å². The average molecular weight is 487 g/mol. The number of benzene rings is 3. The van der Waals surface area contributed by atoms with Gasteiger partial charge in [-0.3, -0.25) is 4.79 Å². The third-order valence-electron chi connectivity index (χ3n) is 5.77. The lowest BCUT2D eigenvalue weighted by Crippen LogP contribution is -2.50. The molecule has 3 aromatic carbocycles. The van der Waals surface area contributed by atoms with Crippen LogP contribution in [0.5, 0.6) is 11.5 Å². The van der Waals surface area contributed by atoms with Crippen LogP contribution in [0.25, 0.3) is 22.1 Å². The Hall–Kier alpha value is -4.59. The number of aryl methyl sites for hydroxylation is 1. The minimum atomic E-state index is -1.39. The van der Waals surface area contributed by atoms with Gasteiger partial charge in [-0.05, 0) is 54.3 Å². The third-order valence-corrected chi connectivity index (χ3v) is 5.77. The fourth-order valence-electron chi connectivity index (χ4n) is 3.93. The Bertz CT molecular complexity index is 1440. The van der Waals surface area contributed by atoms with E-state index in [0.29, 0.717) is 33.6 Å². The predicted octanol–water partition coefficient (Wildman–Crippen LogP) is 2.63. The number of rotatable bonds is 9. The monoisotopic (exact) mass is 486 g/mol. The zero-order chi connectivity index (χ0) is 25.7. The number of carboxylic acid groups (broad SMARTS) is 1. The van der Waals surface area contributed by atoms with Crippen LogP contribution < -0.4 is 25.5 Å². The van der Waals surface area contributed by atoms with Crippen molar-refractivity contribution in [1.82, 2.24) is 5.32 Å². The number of ether oxygens (including phenoxy) is 2. The second-order valence-corrected chi connectivity index (χ2v) is 8.19. The van der Waals surface area contributed by atoms with Crippen LogP contribution in [0.4, 0.5) is 0 Å². The molecular weight excluding hydrogens is 462 g/mol. The molecule has 1 N–H and O–H groups in total. The molecule has 0 aliphatic heterocycles. The first-order valence-electron chi connectivity index (χ1n) is 11.2. The Kier molecular flexibility index (Phi) is 7.34. The first kappa shape index (κ1) is 24.5. The van der Waals surface area contributed by atoms with Crippen molar-refractivity contribution in [3.05, 3.63) is 94.3 Å². The number of hydrogen-bond acceptors (Lipinski definition) is 7. The lowest BCUT2D eigenvalue weighted by atomic mass is 10.00. The Balaban J connectivity index is 1.52. The van der Waals surface area contributed by atoms with E-state index in [0.717, 1.165) is 11.1 Å². The van der Waals surface area contributed by atoms with Crippen molar-refractivity contribution in [2.75, 3.05) is 13.7 Å². The molecule has 0 spiro atoms. The average Bonchev–Trinajstić information content (AvgIpc) is 2.88. The molecule has 1 amide bonds. The zero-order valence-electron chi connectivity index (χ0n) is 19.8. The van der Waals surface area contributed by atoms with Gasteiger partial charge < -0.3 is 29.1 Å². The van der Waals surface area contributed by atoms with Crippen molar-refractivity contribution in [2.45, 2.75) is 19.4 Å². The van der Waals surface area contributed by atoms with Crippen LogP contribution >= 0.6 is 0 Å². The molecule has 1 heterocycles. The van der Waals surface area contributed by atoms with Crippen LogP contribution in [-0.2, 0) is 16.0 Å². The van der Waals surface area contributed by atoms with Crippen molar-refractivity contribution in [3.8, 4) is 22.6 Å². The molecule has 0 saturated carbocycles. The highest BCUT2D eigenvalue weighted by Gasteiger charge is 2.17. The molecule has 8 heteroatoms. The number of carbonyl (C=O) groups excluding carboxylic acids is 2. The van der Waals surface area contributed by atoms with Gasteiger partial charge in [0.2, 0.25) is 0 Å². The minimum Gasteiger partial charge on any atom is -0.548 e. The van der Waals surface area contributed by atoms with Crippen LogP contribution in [0.15, 0.2) is 82.0 Å². The van der Waals surface area contributed by atoms with Crippen molar-refractivity contribution in [1.29, 1.82) is 0 Å². The van der Waals surface area contributed by atoms with E-state index in [-0.39, 0.29) is 6.42 Å². The van der Waals surface area contributed by atoms with E-state index in [1.54, 1.807) is 62.6 Å². The summed E-state index contributed by atoms with van der Waals surface area (Å²) >= 11 is 0. The lowest BCUT2D eigenvalue weighted by molar-refractivity contribution is -0.308. The topological polar surface area (TPSA) is 118 Å². The lowest BCUT2D eigenvalue weighted by Gasteiger charge is -2.20. The van der Waals surface area contributed by atoms with E-state index >= 15 is 0 Å². The molecular formula is C28H24NO7-. The van der Waals surface area contributed by atoms with E-state index in [9.17, 15) is 19.5 Å². The molecule has 0 bridgehead atoms. The summed E-state index contributed by atoms with van der Waals surface area (Å²) in [5, 5.41) is 14.6. The quantitative estimate of drug-likeness (QED) is 0.361. The number of nitrogens with one attached hydrogen (secondary N) is 1. The molecule has 0 aliphatic rings. The number of aliphatic carboxylic acids is 1. The predicted molar refractivity (Wildman–Crippen MR) is 132 cm³/mol. The third kappa shape index (κ3) is 5.55. The summed E-state index contributed by atoms with van der Waals surface area (Å²) in [6, 6.07) is 19.9. The first-order chi connectivity index (χ1) is 17.4. The summed E-state index contributed by atoms with van der Waals surface area (Å²) in [5.74, 6) is -0.975. The largest absolute Gasteiger partial charge is 0.548 e. The summed E-state index contributed by atoms with van der Waals surface area (Å²) in [6.07, 6.45) is 0.0865. The Morgan fingerprint density at radius 3 is 2.42 bits per heavy atom. The van der Waals surface area contributed by atoms with Gasteiger partial charge in [0.25, 0.3) is 5.91 Å². The van der Waals surface area contributed by atoms with E-state index in [4.69, 9.17) is 13.9 Å². The van der Waals surface area contributed by atoms with Crippen LogP contribution in [0, 0.1) is 6.92 Å². The van der Waals surface area contributed by atoms with Gasteiger partial charge in [-0.2, -0.15) is 0 Å². The number of carboxylic acids is 1. The molecule has 8 nitrogen and oxygen atoms in total. The van der Waals surface area contributed by atoms with Crippen molar-refractivity contribution < 1.29 is 28.6 Å². The van der Waals surface area contributed by atoms with E-state index in [2.05, 4.69) is 5.32 Å². The van der Waals surface area contributed by atoms with Gasteiger partial charge >= 0.3 is 5.63 Å². The van der Waals surface area contributed by atoms with Gasteiger partial charge in [0.15, 0.2) is 6.61 Å². The van der Waals surface area contributed by atoms with Gasteiger partial charge in [-0.25, -0.2) is 4.79 Å². The molecule has 0 fully saturated rings. The fourth-order valence-corrected chi connectivity index (χ4v) is 3.93. The second kappa shape index (κ2) is 10.8. The summed E-state index contributed by atoms with van der Waals surface area (Å²) < 4.78 is 16.3. The fraction of sp³-hybridized carbons (Fsp3) is 0.179. The van der Waals surface area contributed by atoms with E-state index in [1.165, 1.54) is 6.07 Å². The SMILES string of the molecule is COc1ccc(-c2cc(=O)oc3c(C)c(OCC(=O)N[C@@H](Cc4ccccc4)C(=O)[O-])ccc23)cc1. The first-order valence-corrected chi connectivity index (χ1v) is 11.2. The second-order valence-electron chi connectivity index (χ2n) is 8.19. The maximum absolute atomic E-state index is 12.4. The molecule has 1 atom stereocenters. The highest BCUT2D eigenvalue weighted by atomic mass is 16.5. The summed E-state index contributed by atoms with van der Waals surface area (Å²) in [7, 11) is 1.58. The molecule has 1 aromatic heterocycles. The Morgan fingerprint density at radius 1 is 1.03 bits per heavy atom. The number of fused-ring (bicyclic) bond motifs is 1. The minimum absolute atomic E-state index is 0.0865. The van der Waals surface area contributed by atoms with Gasteiger partial charge in [0.1, 0.15) is 17.1 Å². The van der Waals surface area contributed by atoms with Crippen LogP contribution in [0.3, 0.4) is 0 Å². The number of carbonyl (C=O) groups is 2. The van der Waals surface area contributed by atoms with Gasteiger partial charge in [-0.15, -0.1) is 0 Å². The van der Waals surface area contributed by atoms with E-state index < -0.39 is 30.2 Å². The molecule has 0 aliphatic carbocycles. The summed E-state index contributed by atoms with van der Waals surface area (Å²) in [5.41, 5.74) is 2.60. The summed E-state index contributed by atoms with van der Waals surface area (Å²) in [4.78, 5) is 36.3. The number of methoxy groups -OCH3 is 1. The maximum atomic E-state index is 12.4. The van der Waals surface area contributed by atoms with Crippen LogP contribution in [0.1, 0.15) is 11.1 Å². The summed E-state index contributed by atoms with van der Waals surface area (Å²) in [6.45, 7) is 1.29. The normalized spacial score (nSPS) is 11.6. The van der Waals surface area contributed by atoms with Crippen molar-refractivity contribution >= 4 is 22.8 Å². The molecule has 4 rings (SSSR count). The van der Waals surface area contributed by atoms with Crippen molar-refractivity contribution in [3.63, 3.8) is 0 Å². The Morgan fingerprint density at radius 2 is 1.75 bits per heavy atom. The molecule has 4 aromatic rings. The molecule has 184 valence electrons. The zero-order valence-corrected chi connectivity index (χ0v) is 19.8. The van der Waals surface area contributed by atoms with Gasteiger partial charge in [0, 0.05) is 17.0 Å². The highest BCUT2D eigenvalue weighted by Crippen LogP contribution is 2.33. The van der Waals surface area contributed by atoms with Crippen molar-refractivity contribution in [2.24, 2.45) is 0 Å². The number of hydrogen-bond donors (Lipinski definition) is 1. The molecule has 36 heavy (non-hydrogen) atoms. The standard InChI is InChI=1S/C28H25NO7/c1-17-24(35-16-25(30)29-23(28(32)33)14-18-6-4-3-5-7-18)13-12-21-22(15-26(31)36-27(17)21)19-8-10-20(34-2)11-9-19/h3-13,15,23H,14,16H2,1-2H3,(H,29,30)(H,32,33)/p-1/t23-/m0/s1. The Labute approximate surface area is 207 Å². The highest BCUT2D eigenvalue weighted by molar-refractivity contribution is 5.95. The van der Waals surface area contributed by atoms with E-state index in [1.807, 2.05) is 18.2 Å². The number of amides is 1. The molecule has 0 radical (unpaired) electrons.